The van der Waals surface area contributed by atoms with Crippen LogP contribution >= 0.6 is 11.6 Å². The number of nitrogens with one attached hydrogen (secondary N) is 2. The van der Waals surface area contributed by atoms with E-state index in [1.54, 1.807) is 30.6 Å². The average Bonchev–Trinajstić information content (AvgIpc) is 2.91. The largest absolute Gasteiger partial charge is 0.320 e. The Bertz CT molecular complexity index is 767. The highest BCUT2D eigenvalue weighted by Gasteiger charge is 2.04. The Morgan fingerprint density at radius 3 is 2.71 bits per heavy atom. The molecule has 3 rings (SSSR count). The fraction of sp³-hybridized carbons (Fsp3) is 0.0667. The first kappa shape index (κ1) is 13.5. The molecule has 0 saturated heterocycles. The lowest BCUT2D eigenvalue weighted by atomic mass is 10.3. The maximum atomic E-state index is 11.8. The van der Waals surface area contributed by atoms with Gasteiger partial charge >= 0.3 is 6.03 Å². The molecule has 0 fully saturated rings. The smallest absolute Gasteiger partial charge is 0.320 e. The molecule has 0 atom stereocenters. The van der Waals surface area contributed by atoms with Gasteiger partial charge in [-0.2, -0.15) is 0 Å². The normalized spacial score (nSPS) is 10.5. The number of amides is 2. The number of urea groups is 1. The maximum absolute atomic E-state index is 11.8. The van der Waals surface area contributed by atoms with Crippen molar-refractivity contribution >= 4 is 34.4 Å². The number of hydrogen-bond donors (Lipinski definition) is 2. The minimum Gasteiger partial charge on any atom is -0.320 e. The molecule has 0 spiro atoms. The first-order valence-corrected chi connectivity index (χ1v) is 6.80. The fourth-order valence-corrected chi connectivity index (χ4v) is 2.13. The lowest BCUT2D eigenvalue weighted by molar-refractivity contribution is 0.250. The van der Waals surface area contributed by atoms with Crippen LogP contribution in [0.4, 0.5) is 10.5 Å². The van der Waals surface area contributed by atoms with Crippen LogP contribution in [0.15, 0.2) is 54.9 Å². The first-order valence-electron chi connectivity index (χ1n) is 6.43. The van der Waals surface area contributed by atoms with Crippen molar-refractivity contribution in [2.45, 2.75) is 6.67 Å². The summed E-state index contributed by atoms with van der Waals surface area (Å²) in [6, 6.07) is 14.4. The standard InChI is InChI=1S/C15H13ClN4O/c16-11-5-7-12(8-6-11)19-15(21)18-10-20-9-17-13-3-1-2-4-14(13)20/h1-9H,10H2,(H2,18,19,21). The molecule has 5 nitrogen and oxygen atoms in total. The summed E-state index contributed by atoms with van der Waals surface area (Å²) in [7, 11) is 0. The van der Waals surface area contributed by atoms with E-state index >= 15 is 0 Å². The maximum Gasteiger partial charge on any atom is 0.320 e. The average molecular weight is 301 g/mol. The Morgan fingerprint density at radius 1 is 1.14 bits per heavy atom. The fourth-order valence-electron chi connectivity index (χ4n) is 2.00. The summed E-state index contributed by atoms with van der Waals surface area (Å²) in [5.41, 5.74) is 2.56. The van der Waals surface area contributed by atoms with Gasteiger partial charge in [-0.05, 0) is 36.4 Å². The topological polar surface area (TPSA) is 59.0 Å². The zero-order chi connectivity index (χ0) is 14.7. The Labute approximate surface area is 126 Å². The number of anilines is 1. The highest BCUT2D eigenvalue weighted by molar-refractivity contribution is 6.30. The third kappa shape index (κ3) is 3.14. The number of imidazole rings is 1. The molecular weight excluding hydrogens is 288 g/mol. The Morgan fingerprint density at radius 2 is 1.90 bits per heavy atom. The molecule has 0 unspecified atom stereocenters. The summed E-state index contributed by atoms with van der Waals surface area (Å²) >= 11 is 5.79. The number of carbonyl (C=O) groups excluding carboxylic acids is 1. The predicted octanol–water partition coefficient (Wildman–Crippen LogP) is 3.47. The second-order valence-corrected chi connectivity index (χ2v) is 4.94. The first-order chi connectivity index (χ1) is 10.2. The van der Waals surface area contributed by atoms with Crippen LogP contribution in [0.1, 0.15) is 0 Å². The molecular formula is C15H13ClN4O. The number of nitrogens with zero attached hydrogens (tertiary/aromatic N) is 2. The van der Waals surface area contributed by atoms with E-state index in [0.29, 0.717) is 17.4 Å². The third-order valence-corrected chi connectivity index (χ3v) is 3.29. The van der Waals surface area contributed by atoms with Crippen LogP contribution in [0, 0.1) is 0 Å². The number of benzene rings is 2. The van der Waals surface area contributed by atoms with E-state index < -0.39 is 0 Å². The lowest BCUT2D eigenvalue weighted by Gasteiger charge is -2.09. The van der Waals surface area contributed by atoms with Crippen LogP contribution in [0.5, 0.6) is 0 Å². The number of carbonyl (C=O) groups is 1. The highest BCUT2D eigenvalue weighted by atomic mass is 35.5. The van der Waals surface area contributed by atoms with Gasteiger partial charge in [0, 0.05) is 10.7 Å². The van der Waals surface area contributed by atoms with Crippen molar-refractivity contribution in [3.8, 4) is 0 Å². The number of para-hydroxylation sites is 2. The number of aromatic nitrogens is 2. The molecule has 0 aliphatic rings. The van der Waals surface area contributed by atoms with E-state index in [1.807, 2.05) is 28.8 Å². The van der Waals surface area contributed by atoms with E-state index in [1.165, 1.54) is 0 Å². The van der Waals surface area contributed by atoms with Gasteiger partial charge in [0.15, 0.2) is 0 Å². The second-order valence-electron chi connectivity index (χ2n) is 4.50. The van der Waals surface area contributed by atoms with E-state index in [-0.39, 0.29) is 6.03 Å². The highest BCUT2D eigenvalue weighted by Crippen LogP contribution is 2.13. The molecule has 0 aliphatic heterocycles. The van der Waals surface area contributed by atoms with Crippen LogP contribution in [0.3, 0.4) is 0 Å². The van der Waals surface area contributed by atoms with Gasteiger partial charge in [0.05, 0.1) is 24.0 Å². The van der Waals surface area contributed by atoms with E-state index in [0.717, 1.165) is 11.0 Å². The number of rotatable bonds is 3. The molecule has 21 heavy (non-hydrogen) atoms. The van der Waals surface area contributed by atoms with Crippen LogP contribution < -0.4 is 10.6 Å². The SMILES string of the molecule is O=C(NCn1cnc2ccccc21)Nc1ccc(Cl)cc1. The third-order valence-electron chi connectivity index (χ3n) is 3.04. The lowest BCUT2D eigenvalue weighted by Crippen LogP contribution is -2.30. The molecule has 106 valence electrons. The van der Waals surface area contributed by atoms with Crippen molar-refractivity contribution in [2.75, 3.05) is 5.32 Å². The monoisotopic (exact) mass is 300 g/mol. The number of halogens is 1. The van der Waals surface area contributed by atoms with Crippen molar-refractivity contribution in [1.82, 2.24) is 14.9 Å². The Hall–Kier alpha value is -2.53. The van der Waals surface area contributed by atoms with Crippen molar-refractivity contribution in [1.29, 1.82) is 0 Å². The van der Waals surface area contributed by atoms with Crippen molar-refractivity contribution < 1.29 is 4.79 Å². The van der Waals surface area contributed by atoms with Crippen LogP contribution in [0.25, 0.3) is 11.0 Å². The minimum absolute atomic E-state index is 0.282. The zero-order valence-corrected chi connectivity index (χ0v) is 11.8. The molecule has 1 heterocycles. The molecule has 1 aromatic heterocycles. The molecule has 3 aromatic rings. The van der Waals surface area contributed by atoms with Gasteiger partial charge in [-0.1, -0.05) is 23.7 Å². The van der Waals surface area contributed by atoms with Gasteiger partial charge in [0.25, 0.3) is 0 Å². The van der Waals surface area contributed by atoms with Gasteiger partial charge in [-0.15, -0.1) is 0 Å². The molecule has 0 bridgehead atoms. The van der Waals surface area contributed by atoms with Crippen molar-refractivity contribution in [2.24, 2.45) is 0 Å². The van der Waals surface area contributed by atoms with Crippen LogP contribution in [0.2, 0.25) is 5.02 Å². The summed E-state index contributed by atoms with van der Waals surface area (Å²) in [6.07, 6.45) is 1.70. The van der Waals surface area contributed by atoms with Gasteiger partial charge in [0.2, 0.25) is 0 Å². The van der Waals surface area contributed by atoms with Gasteiger partial charge in [-0.3, -0.25) is 0 Å². The quantitative estimate of drug-likeness (QED) is 0.778. The molecule has 0 radical (unpaired) electrons. The summed E-state index contributed by atoms with van der Waals surface area (Å²) < 4.78 is 1.87. The predicted molar refractivity (Wildman–Crippen MR) is 83.3 cm³/mol. The minimum atomic E-state index is -0.282. The molecule has 6 heteroatoms. The summed E-state index contributed by atoms with van der Waals surface area (Å²) in [5.74, 6) is 0. The molecule has 2 amide bonds. The van der Waals surface area contributed by atoms with Gasteiger partial charge in [0.1, 0.15) is 0 Å². The summed E-state index contributed by atoms with van der Waals surface area (Å²) in [5, 5.41) is 6.15. The molecule has 2 aromatic carbocycles. The Balaban J connectivity index is 1.62. The van der Waals surface area contributed by atoms with E-state index in [9.17, 15) is 4.79 Å². The van der Waals surface area contributed by atoms with E-state index in [4.69, 9.17) is 11.6 Å². The van der Waals surface area contributed by atoms with Crippen LogP contribution in [-0.2, 0) is 6.67 Å². The van der Waals surface area contributed by atoms with Crippen LogP contribution in [-0.4, -0.2) is 15.6 Å². The van der Waals surface area contributed by atoms with Gasteiger partial charge < -0.3 is 15.2 Å². The summed E-state index contributed by atoms with van der Waals surface area (Å²) in [4.78, 5) is 16.1. The second kappa shape index (κ2) is 5.85. The van der Waals surface area contributed by atoms with Crippen molar-refractivity contribution in [3.63, 3.8) is 0 Å². The number of hydrogen-bond acceptors (Lipinski definition) is 2. The Kier molecular flexibility index (Phi) is 3.75. The molecule has 0 saturated carbocycles. The number of fused-ring (bicyclic) bond motifs is 1. The zero-order valence-electron chi connectivity index (χ0n) is 11.1. The summed E-state index contributed by atoms with van der Waals surface area (Å²) in [6.45, 7) is 0.347. The van der Waals surface area contributed by atoms with Gasteiger partial charge in [-0.25, -0.2) is 9.78 Å². The van der Waals surface area contributed by atoms with Crippen molar-refractivity contribution in [3.05, 3.63) is 59.9 Å². The van der Waals surface area contributed by atoms with E-state index in [2.05, 4.69) is 15.6 Å². The molecule has 0 aliphatic carbocycles. The molecule has 2 N–H and O–H groups in total.